The van der Waals surface area contributed by atoms with Crippen LogP contribution in [0.25, 0.3) is 33.1 Å². The molecule has 9 nitrogen and oxygen atoms in total. The Labute approximate surface area is 259 Å². The maximum absolute atomic E-state index is 5.92. The van der Waals surface area contributed by atoms with E-state index in [0.717, 1.165) is 61.3 Å². The largest absolute Gasteiger partial charge is 0.344 e. The number of nitrogens with one attached hydrogen (secondary N) is 1. The van der Waals surface area contributed by atoms with Crippen molar-refractivity contribution >= 4 is 103 Å². The van der Waals surface area contributed by atoms with Gasteiger partial charge in [-0.25, -0.2) is 29.9 Å². The Morgan fingerprint density at radius 2 is 1.27 bits per heavy atom. The number of thioether (sulfide) groups is 3. The van der Waals surface area contributed by atoms with Gasteiger partial charge in [0.25, 0.3) is 0 Å². The Hall–Kier alpha value is -2.22. The summed E-state index contributed by atoms with van der Waals surface area (Å²) in [6.07, 6.45) is 11.2. The lowest BCUT2D eigenvalue weighted by Gasteiger charge is -2.03. The first kappa shape index (κ1) is 30.7. The number of aromatic amines is 1. The van der Waals surface area contributed by atoms with Gasteiger partial charge in [-0.3, -0.25) is 0 Å². The third-order valence-electron chi connectivity index (χ3n) is 5.68. The summed E-state index contributed by atoms with van der Waals surface area (Å²) >= 11 is 22.3. The van der Waals surface area contributed by atoms with Crippen LogP contribution in [0.5, 0.6) is 0 Å². The number of halogens is 3. The van der Waals surface area contributed by atoms with Gasteiger partial charge in [-0.2, -0.15) is 0 Å². The van der Waals surface area contributed by atoms with Crippen molar-refractivity contribution in [2.75, 3.05) is 18.8 Å². The second-order valence-electron chi connectivity index (χ2n) is 7.96. The number of hydrogen-bond donors (Lipinski definition) is 1. The zero-order valence-electron chi connectivity index (χ0n) is 22.3. The van der Waals surface area contributed by atoms with Gasteiger partial charge in [-0.15, -0.1) is 35.3 Å². The molecule has 0 amide bonds. The summed E-state index contributed by atoms with van der Waals surface area (Å²) in [5.74, 6) is 0. The van der Waals surface area contributed by atoms with Gasteiger partial charge in [-0.05, 0) is 32.6 Å². The number of H-pyrrole nitrogens is 1. The van der Waals surface area contributed by atoms with Crippen molar-refractivity contribution in [3.05, 3.63) is 52.6 Å². The number of rotatable bonds is 5. The molecule has 0 saturated heterocycles. The molecule has 0 aliphatic rings. The summed E-state index contributed by atoms with van der Waals surface area (Å²) in [5.41, 5.74) is 5.78. The van der Waals surface area contributed by atoms with Crippen LogP contribution in [0.2, 0.25) is 15.5 Å². The van der Waals surface area contributed by atoms with Gasteiger partial charge in [0.15, 0.2) is 0 Å². The van der Waals surface area contributed by atoms with Crippen LogP contribution in [-0.4, -0.2) is 62.8 Å². The van der Waals surface area contributed by atoms with E-state index in [-0.39, 0.29) is 0 Å². The molecule has 0 spiro atoms. The van der Waals surface area contributed by atoms with Crippen molar-refractivity contribution in [3.63, 3.8) is 0 Å². The molecule has 0 aliphatic carbocycles. The molecular weight excluding hydrogens is 629 g/mol. The summed E-state index contributed by atoms with van der Waals surface area (Å²) in [5, 5.41) is 4.21. The molecule has 6 rings (SSSR count). The first-order chi connectivity index (χ1) is 19.3. The second kappa shape index (κ2) is 14.1. The van der Waals surface area contributed by atoms with E-state index < -0.39 is 0 Å². The van der Waals surface area contributed by atoms with Crippen molar-refractivity contribution < 1.29 is 0 Å². The first-order valence-electron chi connectivity index (χ1n) is 12.0. The molecule has 0 bridgehead atoms. The number of pyridine rings is 3. The maximum atomic E-state index is 5.92. The van der Waals surface area contributed by atoms with Crippen molar-refractivity contribution in [2.24, 2.45) is 0 Å². The summed E-state index contributed by atoms with van der Waals surface area (Å²) in [6, 6.07) is 5.42. The average molecular weight is 655 g/mol. The fraction of sp³-hybridized carbons (Fsp3) is 0.280. The van der Waals surface area contributed by atoms with Gasteiger partial charge in [0, 0.05) is 31.3 Å². The molecule has 0 atom stereocenters. The molecule has 15 heteroatoms. The topological polar surface area (TPSA) is 103 Å². The van der Waals surface area contributed by atoms with Crippen LogP contribution in [0.3, 0.4) is 0 Å². The SMILES string of the molecule is CCn1cnc2c(SC)nc(Cl)cc21.CCn1cnc2cc(Cl)nc(SC)c21.CSc1nc(Cl)cc2[nH]cnc12. The van der Waals surface area contributed by atoms with E-state index in [4.69, 9.17) is 34.8 Å². The van der Waals surface area contributed by atoms with Crippen LogP contribution in [0, 0.1) is 0 Å². The molecular formula is C25H26Cl3N9S3. The third-order valence-corrected chi connectivity index (χ3v) is 8.28. The smallest absolute Gasteiger partial charge is 0.132 e. The Balaban J connectivity index is 0.000000139. The molecule has 0 aliphatic heterocycles. The van der Waals surface area contributed by atoms with E-state index in [1.165, 1.54) is 11.8 Å². The van der Waals surface area contributed by atoms with E-state index >= 15 is 0 Å². The Morgan fingerprint density at radius 1 is 0.700 bits per heavy atom. The Kier molecular flexibility index (Phi) is 10.8. The molecule has 1 N–H and O–H groups in total. The van der Waals surface area contributed by atoms with Crippen molar-refractivity contribution in [1.29, 1.82) is 0 Å². The van der Waals surface area contributed by atoms with Crippen LogP contribution in [0.15, 0.2) is 52.3 Å². The predicted molar refractivity (Wildman–Crippen MR) is 171 cm³/mol. The molecule has 210 valence electrons. The van der Waals surface area contributed by atoms with Crippen LogP contribution in [0.4, 0.5) is 0 Å². The minimum Gasteiger partial charge on any atom is -0.344 e. The highest BCUT2D eigenvalue weighted by Gasteiger charge is 2.10. The molecule has 6 aromatic heterocycles. The number of nitrogens with zero attached hydrogens (tertiary/aromatic N) is 8. The number of aromatic nitrogens is 9. The lowest BCUT2D eigenvalue weighted by Crippen LogP contribution is -1.94. The molecule has 0 radical (unpaired) electrons. The molecule has 0 saturated carbocycles. The monoisotopic (exact) mass is 653 g/mol. The van der Waals surface area contributed by atoms with E-state index in [2.05, 4.69) is 57.9 Å². The number of hydrogen-bond acceptors (Lipinski definition) is 9. The Morgan fingerprint density at radius 3 is 1.93 bits per heavy atom. The normalized spacial score (nSPS) is 11.0. The molecule has 0 unspecified atom stereocenters. The van der Waals surface area contributed by atoms with Gasteiger partial charge >= 0.3 is 0 Å². The number of imidazole rings is 3. The van der Waals surface area contributed by atoms with Gasteiger partial charge in [0.2, 0.25) is 0 Å². The highest BCUT2D eigenvalue weighted by molar-refractivity contribution is 7.99. The molecule has 0 fully saturated rings. The summed E-state index contributed by atoms with van der Waals surface area (Å²) < 4.78 is 4.13. The van der Waals surface area contributed by atoms with Gasteiger partial charge in [-0.1, -0.05) is 34.8 Å². The lowest BCUT2D eigenvalue weighted by molar-refractivity contribution is 0.778. The van der Waals surface area contributed by atoms with Crippen LogP contribution in [0.1, 0.15) is 13.8 Å². The maximum Gasteiger partial charge on any atom is 0.132 e. The van der Waals surface area contributed by atoms with Gasteiger partial charge in [0.05, 0.1) is 35.5 Å². The fourth-order valence-electron chi connectivity index (χ4n) is 3.84. The average Bonchev–Trinajstić information content (AvgIpc) is 3.70. The summed E-state index contributed by atoms with van der Waals surface area (Å²) in [7, 11) is 0. The molecule has 0 aromatic carbocycles. The van der Waals surface area contributed by atoms with Gasteiger partial charge < -0.3 is 14.1 Å². The van der Waals surface area contributed by atoms with Crippen LogP contribution < -0.4 is 0 Å². The molecule has 6 heterocycles. The standard InChI is InChI=1S/2C9H10ClN3S.C7H6ClN3S/c1-3-13-5-11-8-6(13)4-7(10)12-9(8)14-2;1-3-13-5-11-6-4-7(10)12-9(14-2)8(6)13;1-12-7-6-4(9-3-10-6)2-5(8)11-7/h2*4-5H,3H2,1-2H3;2-3H,1H3,(H,9,10). The van der Waals surface area contributed by atoms with Crippen LogP contribution in [-0.2, 0) is 13.1 Å². The van der Waals surface area contributed by atoms with E-state index in [9.17, 15) is 0 Å². The van der Waals surface area contributed by atoms with E-state index in [1.54, 1.807) is 42.0 Å². The van der Waals surface area contributed by atoms with Crippen LogP contribution >= 0.6 is 70.1 Å². The highest BCUT2D eigenvalue weighted by Crippen LogP contribution is 2.27. The summed E-state index contributed by atoms with van der Waals surface area (Å²) in [4.78, 5) is 28.4. The fourth-order valence-corrected chi connectivity index (χ4v) is 6.25. The van der Waals surface area contributed by atoms with E-state index in [0.29, 0.717) is 15.5 Å². The number of aryl methyl sites for hydroxylation is 2. The van der Waals surface area contributed by atoms with Crippen molar-refractivity contribution in [2.45, 2.75) is 42.0 Å². The summed E-state index contributed by atoms with van der Waals surface area (Å²) in [6.45, 7) is 5.95. The quantitative estimate of drug-likeness (QED) is 0.146. The van der Waals surface area contributed by atoms with E-state index in [1.807, 2.05) is 37.5 Å². The minimum absolute atomic E-state index is 0.496. The molecule has 6 aromatic rings. The lowest BCUT2D eigenvalue weighted by atomic mass is 10.4. The third kappa shape index (κ3) is 6.80. The predicted octanol–water partition coefficient (Wildman–Crippen LogP) is 7.99. The zero-order valence-corrected chi connectivity index (χ0v) is 27.0. The van der Waals surface area contributed by atoms with Crippen molar-refractivity contribution in [3.8, 4) is 0 Å². The number of fused-ring (bicyclic) bond motifs is 3. The first-order valence-corrected chi connectivity index (χ1v) is 16.8. The highest BCUT2D eigenvalue weighted by atomic mass is 35.5. The second-order valence-corrected chi connectivity index (χ2v) is 11.5. The zero-order chi connectivity index (χ0) is 28.8. The van der Waals surface area contributed by atoms with Gasteiger partial charge in [0.1, 0.15) is 47.1 Å². The van der Waals surface area contributed by atoms with Crippen molar-refractivity contribution in [1.82, 2.24) is 44.0 Å². The minimum atomic E-state index is 0.496. The molecule has 40 heavy (non-hydrogen) atoms. The Bertz CT molecular complexity index is 1750.